The molecule has 0 bridgehead atoms. The van der Waals surface area contributed by atoms with Gasteiger partial charge in [-0.15, -0.1) is 0 Å². The predicted octanol–water partition coefficient (Wildman–Crippen LogP) is 6.07. The van der Waals surface area contributed by atoms with Gasteiger partial charge in [0.2, 0.25) is 5.91 Å². The summed E-state index contributed by atoms with van der Waals surface area (Å²) >= 11 is 0. The molecule has 3 aromatic carbocycles. The molecule has 0 saturated carbocycles. The van der Waals surface area contributed by atoms with Crippen molar-refractivity contribution >= 4 is 23.2 Å². The second kappa shape index (κ2) is 10.8. The van der Waals surface area contributed by atoms with Gasteiger partial charge in [-0.2, -0.15) is 13.2 Å². The summed E-state index contributed by atoms with van der Waals surface area (Å²) in [6.07, 6.45) is -4.54. The van der Waals surface area contributed by atoms with Gasteiger partial charge in [-0.25, -0.2) is 4.39 Å². The molecule has 0 spiro atoms. The quantitative estimate of drug-likeness (QED) is 0.390. The number of benzene rings is 3. The van der Waals surface area contributed by atoms with Crippen molar-refractivity contribution in [2.45, 2.75) is 25.9 Å². The van der Waals surface area contributed by atoms with Crippen LogP contribution < -0.4 is 15.4 Å². The van der Waals surface area contributed by atoms with E-state index in [1.807, 2.05) is 6.92 Å². The molecule has 5 nitrogen and oxygen atoms in total. The molecule has 0 unspecified atom stereocenters. The third kappa shape index (κ3) is 6.57. The summed E-state index contributed by atoms with van der Waals surface area (Å²) in [6, 6.07) is 14.8. The highest BCUT2D eigenvalue weighted by molar-refractivity contribution is 6.04. The average Bonchev–Trinajstić information content (AvgIpc) is 2.79. The number of alkyl halides is 3. The van der Waals surface area contributed by atoms with Crippen LogP contribution in [0.5, 0.6) is 5.75 Å². The molecule has 3 aromatic rings. The smallest absolute Gasteiger partial charge is 0.418 e. The lowest BCUT2D eigenvalue weighted by atomic mass is 10.1. The molecule has 2 N–H and O–H groups in total. The molecule has 0 fully saturated rings. The van der Waals surface area contributed by atoms with Crippen LogP contribution in [0.15, 0.2) is 66.7 Å². The van der Waals surface area contributed by atoms with Crippen LogP contribution >= 0.6 is 0 Å². The van der Waals surface area contributed by atoms with Gasteiger partial charge in [0.15, 0.2) is 0 Å². The van der Waals surface area contributed by atoms with Crippen LogP contribution in [0.3, 0.4) is 0 Å². The van der Waals surface area contributed by atoms with Gasteiger partial charge in [0.1, 0.15) is 11.6 Å². The van der Waals surface area contributed by atoms with Crippen molar-refractivity contribution in [3.8, 4) is 5.75 Å². The summed E-state index contributed by atoms with van der Waals surface area (Å²) in [7, 11) is 0. The molecule has 34 heavy (non-hydrogen) atoms. The number of anilines is 2. The number of carbonyl (C=O) groups excluding carboxylic acids is 2. The number of halogens is 4. The molecule has 0 aliphatic rings. The summed E-state index contributed by atoms with van der Waals surface area (Å²) in [5.41, 5.74) is -0.790. The maximum absolute atomic E-state index is 13.6. The largest absolute Gasteiger partial charge is 0.494 e. The van der Waals surface area contributed by atoms with Gasteiger partial charge in [-0.3, -0.25) is 9.59 Å². The minimum Gasteiger partial charge on any atom is -0.494 e. The molecule has 0 aliphatic carbocycles. The second-order valence-corrected chi connectivity index (χ2v) is 7.31. The Morgan fingerprint density at radius 3 is 2.32 bits per heavy atom. The Morgan fingerprint density at radius 2 is 1.65 bits per heavy atom. The molecule has 178 valence electrons. The van der Waals surface area contributed by atoms with Crippen LogP contribution in [0.2, 0.25) is 0 Å². The maximum Gasteiger partial charge on any atom is 0.418 e. The Labute approximate surface area is 193 Å². The third-order valence-corrected chi connectivity index (χ3v) is 4.86. The van der Waals surface area contributed by atoms with Crippen LogP contribution in [0.25, 0.3) is 0 Å². The van der Waals surface area contributed by atoms with E-state index in [0.717, 1.165) is 29.8 Å². The zero-order valence-corrected chi connectivity index (χ0v) is 18.2. The lowest BCUT2D eigenvalue weighted by Gasteiger charge is -2.16. The molecular weight excluding hydrogens is 452 g/mol. The summed E-state index contributed by atoms with van der Waals surface area (Å²) in [5, 5.41) is 4.65. The Bertz CT molecular complexity index is 1160. The Balaban J connectivity index is 1.72. The van der Waals surface area contributed by atoms with E-state index in [1.165, 1.54) is 18.2 Å². The van der Waals surface area contributed by atoms with Crippen LogP contribution in [-0.2, 0) is 17.4 Å². The van der Waals surface area contributed by atoms with Crippen LogP contribution in [0.4, 0.5) is 28.9 Å². The summed E-state index contributed by atoms with van der Waals surface area (Å²) in [4.78, 5) is 24.6. The molecule has 0 aliphatic heterocycles. The highest BCUT2D eigenvalue weighted by Gasteiger charge is 2.34. The zero-order valence-electron chi connectivity index (χ0n) is 18.2. The second-order valence-electron chi connectivity index (χ2n) is 7.31. The van der Waals surface area contributed by atoms with Crippen molar-refractivity contribution in [1.29, 1.82) is 0 Å². The number of amides is 2. The molecule has 3 rings (SSSR count). The van der Waals surface area contributed by atoms with Gasteiger partial charge in [0, 0.05) is 17.7 Å². The summed E-state index contributed by atoms with van der Waals surface area (Å²) in [5.74, 6) is -1.22. The molecule has 0 aromatic heterocycles. The topological polar surface area (TPSA) is 67.4 Å². The van der Waals surface area contributed by atoms with Gasteiger partial charge in [0.05, 0.1) is 17.9 Å². The van der Waals surface area contributed by atoms with E-state index in [-0.39, 0.29) is 24.1 Å². The number of para-hydroxylation sites is 1. The summed E-state index contributed by atoms with van der Waals surface area (Å²) in [6.45, 7) is 2.27. The van der Waals surface area contributed by atoms with E-state index in [2.05, 4.69) is 10.6 Å². The van der Waals surface area contributed by atoms with Crippen LogP contribution in [0, 0.1) is 5.82 Å². The fraction of sp³-hybridized carbons (Fsp3) is 0.200. The molecular formula is C25H22F4N2O3. The minimum absolute atomic E-state index is 0.0512. The normalized spacial score (nSPS) is 11.1. The standard InChI is InChI=1S/C25H22F4N2O3/c1-2-34-22-6-4-3-5-16(22)9-14-23(32)31-21-13-12-19(15-20(21)25(27,28)29)30-24(33)17-7-10-18(26)11-8-17/h3-8,10-13,15H,2,9,14H2,1H3,(H,30,33)(H,31,32). The van der Waals surface area contributed by atoms with Crippen molar-refractivity contribution in [1.82, 2.24) is 0 Å². The van der Waals surface area contributed by atoms with Crippen molar-refractivity contribution < 1.29 is 31.9 Å². The first kappa shape index (κ1) is 24.8. The first-order valence-electron chi connectivity index (χ1n) is 10.5. The van der Waals surface area contributed by atoms with Gasteiger partial charge in [-0.1, -0.05) is 18.2 Å². The fourth-order valence-corrected chi connectivity index (χ4v) is 3.24. The molecule has 9 heteroatoms. The van der Waals surface area contributed by atoms with Gasteiger partial charge < -0.3 is 15.4 Å². The first-order valence-corrected chi connectivity index (χ1v) is 10.5. The lowest BCUT2D eigenvalue weighted by molar-refractivity contribution is -0.136. The zero-order chi connectivity index (χ0) is 24.7. The molecule has 0 heterocycles. The van der Waals surface area contributed by atoms with Gasteiger partial charge >= 0.3 is 6.18 Å². The number of hydrogen-bond donors (Lipinski definition) is 2. The van der Waals surface area contributed by atoms with E-state index in [9.17, 15) is 27.2 Å². The van der Waals surface area contributed by atoms with Gasteiger partial charge in [0.25, 0.3) is 5.91 Å². The highest BCUT2D eigenvalue weighted by Crippen LogP contribution is 2.37. The van der Waals surface area contributed by atoms with Crippen molar-refractivity contribution in [3.05, 3.63) is 89.2 Å². The van der Waals surface area contributed by atoms with E-state index in [1.54, 1.807) is 24.3 Å². The molecule has 0 atom stereocenters. The lowest BCUT2D eigenvalue weighted by Crippen LogP contribution is -2.18. The van der Waals surface area contributed by atoms with E-state index in [0.29, 0.717) is 12.4 Å². The first-order chi connectivity index (χ1) is 16.2. The van der Waals surface area contributed by atoms with E-state index < -0.39 is 35.1 Å². The maximum atomic E-state index is 13.6. The molecule has 2 amide bonds. The third-order valence-electron chi connectivity index (χ3n) is 4.86. The van der Waals surface area contributed by atoms with Crippen molar-refractivity contribution in [2.24, 2.45) is 0 Å². The number of hydrogen-bond acceptors (Lipinski definition) is 3. The van der Waals surface area contributed by atoms with Crippen molar-refractivity contribution in [3.63, 3.8) is 0 Å². The van der Waals surface area contributed by atoms with Crippen LogP contribution in [-0.4, -0.2) is 18.4 Å². The number of aryl methyl sites for hydroxylation is 1. The number of ether oxygens (including phenoxy) is 1. The monoisotopic (exact) mass is 474 g/mol. The number of rotatable bonds is 8. The number of nitrogens with one attached hydrogen (secondary N) is 2. The summed E-state index contributed by atoms with van der Waals surface area (Å²) < 4.78 is 59.5. The van der Waals surface area contributed by atoms with Crippen LogP contribution in [0.1, 0.15) is 34.8 Å². The van der Waals surface area contributed by atoms with E-state index >= 15 is 0 Å². The molecule has 0 radical (unpaired) electrons. The highest BCUT2D eigenvalue weighted by atomic mass is 19.4. The van der Waals surface area contributed by atoms with E-state index in [4.69, 9.17) is 4.74 Å². The van der Waals surface area contributed by atoms with Gasteiger partial charge in [-0.05, 0) is 67.4 Å². The SMILES string of the molecule is CCOc1ccccc1CCC(=O)Nc1ccc(NC(=O)c2ccc(F)cc2)cc1C(F)(F)F. The minimum atomic E-state index is -4.78. The Kier molecular flexibility index (Phi) is 7.88. The Morgan fingerprint density at radius 1 is 0.941 bits per heavy atom. The predicted molar refractivity (Wildman–Crippen MR) is 120 cm³/mol. The number of carbonyl (C=O) groups is 2. The average molecular weight is 474 g/mol. The van der Waals surface area contributed by atoms with Crippen molar-refractivity contribution in [2.75, 3.05) is 17.2 Å². The Hall–Kier alpha value is -3.88. The fourth-order valence-electron chi connectivity index (χ4n) is 3.24. The molecule has 0 saturated heterocycles.